The van der Waals surface area contributed by atoms with Gasteiger partial charge in [0.1, 0.15) is 36.7 Å². The topological polar surface area (TPSA) is 292 Å². The lowest BCUT2D eigenvalue weighted by molar-refractivity contribution is -0.348. The highest BCUT2D eigenvalue weighted by Gasteiger charge is 2.60. The standard InChI is InChI=1S/C54H56N4O18/c1-29-11-18-34(19-12-29)50(65)73-44-40(28-69-41(62)24-17-32(4)60)72-54(47(75-52(67)36-22-15-31(3)16-23-36)46(44)74-51(66)35-20-13-30(2)14-21-35)76-45-42(58-48(63)37-9-6-7-10-38(37)49(58)64)53(68-26-8-25-56-57-55)71-39(27-59)43(45)70-33(5)61/h6-7,9-16,18-23,39-40,42-47,53-54,59H,8,17,24-28H2,1-5H3/t39-,40-,42-,43+,44-,45-,46+,47-,53-,54+/m1/s1. The molecule has 0 spiro atoms. The third-order valence-electron chi connectivity index (χ3n) is 12.5. The highest BCUT2D eigenvalue weighted by Crippen LogP contribution is 2.39. The van der Waals surface area contributed by atoms with E-state index in [9.17, 15) is 43.5 Å². The minimum absolute atomic E-state index is 0.00901. The maximum Gasteiger partial charge on any atom is 0.338 e. The molecule has 10 atom stereocenters. The van der Waals surface area contributed by atoms with Crippen molar-refractivity contribution < 1.29 is 86.1 Å². The summed E-state index contributed by atoms with van der Waals surface area (Å²) < 4.78 is 56.0. The number of rotatable bonds is 21. The number of azide groups is 1. The molecule has 3 aliphatic heterocycles. The van der Waals surface area contributed by atoms with E-state index in [-0.39, 0.29) is 66.0 Å². The molecule has 0 radical (unpaired) electrons. The van der Waals surface area contributed by atoms with Crippen LogP contribution in [0.15, 0.2) is 102 Å². The minimum Gasteiger partial charge on any atom is -0.463 e. The van der Waals surface area contributed by atoms with Crippen LogP contribution in [-0.4, -0.2) is 145 Å². The highest BCUT2D eigenvalue weighted by atomic mass is 16.8. The molecule has 400 valence electrons. The number of carbonyl (C=O) groups is 8. The normalized spacial score (nSPS) is 23.8. The number of nitrogens with zero attached hydrogens (tertiary/aromatic N) is 4. The highest BCUT2D eigenvalue weighted by molar-refractivity contribution is 6.21. The van der Waals surface area contributed by atoms with Gasteiger partial charge in [-0.2, -0.15) is 0 Å². The van der Waals surface area contributed by atoms with Gasteiger partial charge in [-0.05, 0) is 88.2 Å². The molecule has 22 nitrogen and oxygen atoms in total. The van der Waals surface area contributed by atoms with Crippen LogP contribution in [0.25, 0.3) is 10.4 Å². The van der Waals surface area contributed by atoms with E-state index >= 15 is 0 Å². The Kier molecular flexibility index (Phi) is 18.8. The van der Waals surface area contributed by atoms with Gasteiger partial charge in [0.15, 0.2) is 37.0 Å². The van der Waals surface area contributed by atoms with Gasteiger partial charge in [-0.15, -0.1) is 0 Å². The van der Waals surface area contributed by atoms with Crippen molar-refractivity contribution in [1.29, 1.82) is 0 Å². The third kappa shape index (κ3) is 13.5. The van der Waals surface area contributed by atoms with E-state index in [0.717, 1.165) is 28.5 Å². The number of Topliss-reactive ketones (excluding diaryl/α,β-unsaturated/α-hetero) is 1. The number of fused-ring (bicyclic) bond motifs is 1. The second kappa shape index (κ2) is 25.6. The van der Waals surface area contributed by atoms with Crippen molar-refractivity contribution in [2.24, 2.45) is 5.11 Å². The van der Waals surface area contributed by atoms with Crippen LogP contribution >= 0.6 is 0 Å². The molecule has 76 heavy (non-hydrogen) atoms. The van der Waals surface area contributed by atoms with Crippen molar-refractivity contribution in [2.75, 3.05) is 26.4 Å². The fraction of sp³-hybridized carbons (Fsp3) is 0.407. The van der Waals surface area contributed by atoms with Crippen molar-refractivity contribution in [2.45, 2.75) is 115 Å². The van der Waals surface area contributed by atoms with Crippen LogP contribution in [0.5, 0.6) is 0 Å². The average Bonchev–Trinajstić information content (AvgIpc) is 3.65. The Morgan fingerprint density at radius 1 is 0.632 bits per heavy atom. The Labute approximate surface area is 436 Å². The van der Waals surface area contributed by atoms with Crippen LogP contribution in [-0.2, 0) is 57.0 Å². The zero-order chi connectivity index (χ0) is 54.6. The zero-order valence-corrected chi connectivity index (χ0v) is 42.1. The molecule has 1 N–H and O–H groups in total. The van der Waals surface area contributed by atoms with Gasteiger partial charge in [-0.1, -0.05) is 70.3 Å². The maximum atomic E-state index is 14.5. The predicted molar refractivity (Wildman–Crippen MR) is 262 cm³/mol. The van der Waals surface area contributed by atoms with Crippen molar-refractivity contribution in [3.8, 4) is 0 Å². The van der Waals surface area contributed by atoms with Crippen molar-refractivity contribution in [3.05, 3.63) is 152 Å². The first kappa shape index (κ1) is 55.9. The summed E-state index contributed by atoms with van der Waals surface area (Å²) in [4.78, 5) is 114. The molecular weight excluding hydrogens is 993 g/mol. The molecule has 3 heterocycles. The summed E-state index contributed by atoms with van der Waals surface area (Å²) in [6.07, 6.45) is -17.0. The van der Waals surface area contributed by atoms with Crippen LogP contribution in [0.2, 0.25) is 0 Å². The monoisotopic (exact) mass is 1050 g/mol. The summed E-state index contributed by atoms with van der Waals surface area (Å²) in [5, 5.41) is 14.4. The van der Waals surface area contributed by atoms with E-state index in [1.807, 2.05) is 0 Å². The number of ether oxygens (including phenoxy) is 9. The number of aliphatic hydroxyl groups is 1. The number of aliphatic hydroxyl groups excluding tert-OH is 1. The number of benzene rings is 4. The molecule has 0 aromatic heterocycles. The number of aryl methyl sites for hydroxylation is 3. The molecule has 0 unspecified atom stereocenters. The van der Waals surface area contributed by atoms with Crippen molar-refractivity contribution >= 4 is 47.4 Å². The van der Waals surface area contributed by atoms with Gasteiger partial charge in [0.25, 0.3) is 11.8 Å². The Bertz CT molecular complexity index is 2800. The van der Waals surface area contributed by atoms with E-state index in [2.05, 4.69) is 10.0 Å². The van der Waals surface area contributed by atoms with Crippen molar-refractivity contribution in [1.82, 2.24) is 4.90 Å². The second-order valence-corrected chi connectivity index (χ2v) is 18.2. The lowest BCUT2D eigenvalue weighted by Crippen LogP contribution is -2.70. The lowest BCUT2D eigenvalue weighted by atomic mass is 9.93. The molecule has 4 aromatic carbocycles. The largest absolute Gasteiger partial charge is 0.463 e. The van der Waals surface area contributed by atoms with Gasteiger partial charge in [0.2, 0.25) is 0 Å². The SMILES string of the molecule is CC(=O)CCC(=O)OC[C@H]1O[C@@H](O[C@H]2[C@@H](OC(C)=O)[C@@H](CO)O[C@@H](OCCCN=[N+]=[N-])[C@@H]2N2C(=O)c3ccccc3C2=O)[C@H](OC(=O)c2ccc(C)cc2)[C@@H](OC(=O)c2ccc(C)cc2)[C@@H]1OC(=O)c1ccc(C)cc1. The smallest absolute Gasteiger partial charge is 0.338 e. The van der Waals surface area contributed by atoms with Gasteiger partial charge in [-0.3, -0.25) is 24.1 Å². The van der Waals surface area contributed by atoms with E-state index in [1.54, 1.807) is 57.2 Å². The first-order valence-electron chi connectivity index (χ1n) is 24.3. The van der Waals surface area contributed by atoms with E-state index in [0.29, 0.717) is 0 Å². The Morgan fingerprint density at radius 3 is 1.61 bits per heavy atom. The number of esters is 5. The Hall–Kier alpha value is -7.85. The van der Waals surface area contributed by atoms with Crippen LogP contribution in [0.4, 0.5) is 0 Å². The first-order valence-corrected chi connectivity index (χ1v) is 24.3. The fourth-order valence-corrected chi connectivity index (χ4v) is 8.64. The molecule has 0 saturated carbocycles. The summed E-state index contributed by atoms with van der Waals surface area (Å²) in [5.41, 5.74) is 11.2. The number of ketones is 1. The molecule has 0 bridgehead atoms. The summed E-state index contributed by atoms with van der Waals surface area (Å²) >= 11 is 0. The quantitative estimate of drug-likeness (QED) is 0.0201. The first-order chi connectivity index (χ1) is 36.5. The van der Waals surface area contributed by atoms with Gasteiger partial charge in [-0.25, -0.2) is 14.4 Å². The maximum absolute atomic E-state index is 14.5. The van der Waals surface area contributed by atoms with Crippen molar-refractivity contribution in [3.63, 3.8) is 0 Å². The number of amides is 2. The Balaban J connectivity index is 1.42. The molecule has 3 aliphatic rings. The summed E-state index contributed by atoms with van der Waals surface area (Å²) in [6, 6.07) is 22.7. The van der Waals surface area contributed by atoms with Gasteiger partial charge < -0.3 is 52.5 Å². The van der Waals surface area contributed by atoms with E-state index in [1.165, 1.54) is 67.6 Å². The molecular formula is C54H56N4O18. The summed E-state index contributed by atoms with van der Waals surface area (Å²) in [5.74, 6) is -6.98. The second-order valence-electron chi connectivity index (χ2n) is 18.2. The average molecular weight is 1050 g/mol. The van der Waals surface area contributed by atoms with Crippen LogP contribution in [0.1, 0.15) is 102 Å². The third-order valence-corrected chi connectivity index (χ3v) is 12.5. The number of hydrogen-bond donors (Lipinski definition) is 1. The van der Waals surface area contributed by atoms with Gasteiger partial charge in [0, 0.05) is 31.4 Å². The fourth-order valence-electron chi connectivity index (χ4n) is 8.64. The predicted octanol–water partition coefficient (Wildman–Crippen LogP) is 5.64. The number of hydrogen-bond acceptors (Lipinski definition) is 19. The lowest BCUT2D eigenvalue weighted by Gasteiger charge is -2.50. The minimum atomic E-state index is -2.11. The van der Waals surface area contributed by atoms with Crippen LogP contribution in [0.3, 0.4) is 0 Å². The van der Waals surface area contributed by atoms with Gasteiger partial charge in [0.05, 0.1) is 40.8 Å². The van der Waals surface area contributed by atoms with Crippen LogP contribution in [0, 0.1) is 20.8 Å². The zero-order valence-electron chi connectivity index (χ0n) is 42.1. The number of imide groups is 1. The molecule has 2 amide bonds. The molecule has 4 aromatic rings. The molecule has 22 heteroatoms. The number of carbonyl (C=O) groups excluding carboxylic acids is 8. The molecule has 7 rings (SSSR count). The molecule has 0 aliphatic carbocycles. The summed E-state index contributed by atoms with van der Waals surface area (Å²) in [7, 11) is 0. The molecule has 2 fully saturated rings. The van der Waals surface area contributed by atoms with E-state index < -0.39 is 116 Å². The van der Waals surface area contributed by atoms with Crippen LogP contribution < -0.4 is 0 Å². The van der Waals surface area contributed by atoms with E-state index in [4.69, 9.17) is 48.2 Å². The Morgan fingerprint density at radius 2 is 1.12 bits per heavy atom. The molecule has 2 saturated heterocycles. The summed E-state index contributed by atoms with van der Waals surface area (Å²) in [6.45, 7) is 5.70. The van der Waals surface area contributed by atoms with Gasteiger partial charge >= 0.3 is 29.8 Å².